The van der Waals surface area contributed by atoms with Gasteiger partial charge < -0.3 is 10.2 Å². The highest BCUT2D eigenvalue weighted by molar-refractivity contribution is 7.07. The summed E-state index contributed by atoms with van der Waals surface area (Å²) in [6.07, 6.45) is 2.27. The highest BCUT2D eigenvalue weighted by Crippen LogP contribution is 2.26. The average Bonchev–Trinajstić information content (AvgIpc) is 2.99. The van der Waals surface area contributed by atoms with Crippen LogP contribution in [0.4, 0.5) is 4.79 Å². The molecule has 0 aliphatic carbocycles. The number of carbonyl (C=O) groups excluding carboxylic acids is 3. The Hall–Kier alpha value is -2.03. The van der Waals surface area contributed by atoms with Crippen molar-refractivity contribution in [1.29, 1.82) is 0 Å². The SMILES string of the molecule is O=C1NC(=O)C2(CCN(C(=O)c3cnns3)CC2)N1. The largest absolute Gasteiger partial charge is 0.338 e. The Morgan fingerprint density at radius 3 is 2.63 bits per heavy atom. The van der Waals surface area contributed by atoms with Crippen LogP contribution in [-0.4, -0.2) is 51.0 Å². The van der Waals surface area contributed by atoms with E-state index in [-0.39, 0.29) is 11.8 Å². The number of rotatable bonds is 1. The van der Waals surface area contributed by atoms with Gasteiger partial charge in [-0.25, -0.2) is 4.79 Å². The van der Waals surface area contributed by atoms with E-state index in [0.717, 1.165) is 11.5 Å². The molecule has 8 nitrogen and oxygen atoms in total. The second-order valence-electron chi connectivity index (χ2n) is 4.56. The molecule has 2 fully saturated rings. The zero-order valence-electron chi connectivity index (χ0n) is 9.88. The third-order valence-corrected chi connectivity index (χ3v) is 4.14. The van der Waals surface area contributed by atoms with E-state index in [1.54, 1.807) is 4.90 Å². The number of amides is 4. The lowest BCUT2D eigenvalue weighted by atomic mass is 9.87. The van der Waals surface area contributed by atoms with Crippen LogP contribution in [0.1, 0.15) is 22.5 Å². The molecule has 0 bridgehead atoms. The van der Waals surface area contributed by atoms with Crippen molar-refractivity contribution in [2.24, 2.45) is 0 Å². The van der Waals surface area contributed by atoms with E-state index in [0.29, 0.717) is 30.8 Å². The van der Waals surface area contributed by atoms with Gasteiger partial charge in [-0.1, -0.05) is 4.49 Å². The van der Waals surface area contributed by atoms with Gasteiger partial charge in [0.2, 0.25) is 0 Å². The number of aromatic nitrogens is 2. The van der Waals surface area contributed by atoms with Gasteiger partial charge in [0.1, 0.15) is 10.4 Å². The third-order valence-electron chi connectivity index (χ3n) is 3.49. The molecule has 3 heterocycles. The molecule has 0 unspecified atom stereocenters. The Labute approximate surface area is 112 Å². The first-order valence-corrected chi connectivity index (χ1v) is 6.58. The van der Waals surface area contributed by atoms with Crippen LogP contribution in [0.25, 0.3) is 0 Å². The van der Waals surface area contributed by atoms with Crippen molar-refractivity contribution in [2.75, 3.05) is 13.1 Å². The summed E-state index contributed by atoms with van der Waals surface area (Å²) < 4.78 is 3.65. The standard InChI is InChI=1S/C10H11N5O3S/c16-7(6-5-11-14-19-6)15-3-1-10(2-4-15)8(17)12-9(18)13-10/h5H,1-4H2,(H2,12,13,17,18). The Balaban J connectivity index is 1.68. The molecule has 100 valence electrons. The van der Waals surface area contributed by atoms with Gasteiger partial charge in [-0.3, -0.25) is 14.9 Å². The molecular weight excluding hydrogens is 270 g/mol. The molecule has 1 spiro atoms. The number of likely N-dealkylation sites (tertiary alicyclic amines) is 1. The zero-order chi connectivity index (χ0) is 13.5. The minimum absolute atomic E-state index is 0.130. The monoisotopic (exact) mass is 281 g/mol. The van der Waals surface area contributed by atoms with Crippen LogP contribution >= 0.6 is 11.5 Å². The summed E-state index contributed by atoms with van der Waals surface area (Å²) in [6, 6.07) is -0.462. The van der Waals surface area contributed by atoms with Crippen molar-refractivity contribution in [1.82, 2.24) is 25.1 Å². The zero-order valence-corrected chi connectivity index (χ0v) is 10.7. The molecule has 0 radical (unpaired) electrons. The Kier molecular flexibility index (Phi) is 2.70. The number of piperidine rings is 1. The van der Waals surface area contributed by atoms with E-state index in [1.165, 1.54) is 6.20 Å². The second-order valence-corrected chi connectivity index (χ2v) is 5.35. The van der Waals surface area contributed by atoms with E-state index < -0.39 is 11.6 Å². The van der Waals surface area contributed by atoms with Crippen LogP contribution < -0.4 is 10.6 Å². The van der Waals surface area contributed by atoms with E-state index in [9.17, 15) is 14.4 Å². The molecule has 3 rings (SSSR count). The van der Waals surface area contributed by atoms with Crippen LogP contribution in [0.3, 0.4) is 0 Å². The summed E-state index contributed by atoms with van der Waals surface area (Å²) in [5, 5.41) is 8.52. The van der Waals surface area contributed by atoms with Gasteiger partial charge in [0.15, 0.2) is 0 Å². The maximum atomic E-state index is 12.1. The van der Waals surface area contributed by atoms with E-state index in [4.69, 9.17) is 0 Å². The minimum atomic E-state index is -0.847. The van der Waals surface area contributed by atoms with E-state index >= 15 is 0 Å². The number of imide groups is 1. The van der Waals surface area contributed by atoms with Gasteiger partial charge in [-0.05, 0) is 24.4 Å². The van der Waals surface area contributed by atoms with Crippen LogP contribution in [0.5, 0.6) is 0 Å². The molecule has 4 amide bonds. The summed E-state index contributed by atoms with van der Waals surface area (Å²) in [7, 11) is 0. The number of nitrogens with zero attached hydrogens (tertiary/aromatic N) is 3. The number of carbonyl (C=O) groups is 3. The molecule has 2 saturated heterocycles. The van der Waals surface area contributed by atoms with Crippen LogP contribution in [-0.2, 0) is 4.79 Å². The van der Waals surface area contributed by atoms with Gasteiger partial charge in [-0.2, -0.15) is 0 Å². The molecule has 2 aliphatic heterocycles. The smallest absolute Gasteiger partial charge is 0.322 e. The van der Waals surface area contributed by atoms with Crippen molar-refractivity contribution in [3.8, 4) is 0 Å². The molecule has 2 aliphatic rings. The van der Waals surface area contributed by atoms with Gasteiger partial charge in [0, 0.05) is 13.1 Å². The molecule has 0 saturated carbocycles. The van der Waals surface area contributed by atoms with Gasteiger partial charge >= 0.3 is 6.03 Å². The topological polar surface area (TPSA) is 104 Å². The van der Waals surface area contributed by atoms with E-state index in [2.05, 4.69) is 20.2 Å². The van der Waals surface area contributed by atoms with E-state index in [1.807, 2.05) is 0 Å². The summed E-state index contributed by atoms with van der Waals surface area (Å²) in [5.74, 6) is -0.432. The normalized spacial score (nSPS) is 21.4. The first kappa shape index (κ1) is 12.0. The number of hydrogen-bond donors (Lipinski definition) is 2. The molecular formula is C10H11N5O3S. The Bertz CT molecular complexity index is 535. The predicted molar refractivity (Wildman–Crippen MR) is 64.5 cm³/mol. The van der Waals surface area contributed by atoms with Gasteiger partial charge in [-0.15, -0.1) is 5.10 Å². The molecule has 1 aromatic heterocycles. The molecule has 2 N–H and O–H groups in total. The molecule has 9 heteroatoms. The fourth-order valence-corrected chi connectivity index (χ4v) is 2.87. The van der Waals surface area contributed by atoms with Crippen molar-refractivity contribution in [2.45, 2.75) is 18.4 Å². The fraction of sp³-hybridized carbons (Fsp3) is 0.500. The number of hydrogen-bond acceptors (Lipinski definition) is 6. The third kappa shape index (κ3) is 1.95. The first-order chi connectivity index (χ1) is 9.11. The molecule has 19 heavy (non-hydrogen) atoms. The minimum Gasteiger partial charge on any atom is -0.338 e. The fourth-order valence-electron chi connectivity index (χ4n) is 2.39. The Morgan fingerprint density at radius 2 is 2.11 bits per heavy atom. The maximum absolute atomic E-state index is 12.1. The van der Waals surface area contributed by atoms with Crippen molar-refractivity contribution < 1.29 is 14.4 Å². The van der Waals surface area contributed by atoms with Crippen molar-refractivity contribution in [3.63, 3.8) is 0 Å². The van der Waals surface area contributed by atoms with Crippen LogP contribution in [0.15, 0.2) is 6.20 Å². The number of nitrogens with one attached hydrogen (secondary N) is 2. The predicted octanol–water partition coefficient (Wildman–Crippen LogP) is -0.648. The van der Waals surface area contributed by atoms with Crippen LogP contribution in [0.2, 0.25) is 0 Å². The second kappa shape index (κ2) is 4.26. The molecule has 0 atom stereocenters. The highest BCUT2D eigenvalue weighted by atomic mass is 32.1. The summed E-state index contributed by atoms with van der Waals surface area (Å²) in [4.78, 5) is 37.2. The summed E-state index contributed by atoms with van der Waals surface area (Å²) >= 11 is 1.05. The van der Waals surface area contributed by atoms with Crippen molar-refractivity contribution >= 4 is 29.4 Å². The van der Waals surface area contributed by atoms with Crippen molar-refractivity contribution in [3.05, 3.63) is 11.1 Å². The first-order valence-electron chi connectivity index (χ1n) is 5.81. The highest BCUT2D eigenvalue weighted by Gasteiger charge is 2.48. The average molecular weight is 281 g/mol. The van der Waals surface area contributed by atoms with Gasteiger partial charge in [0.05, 0.1) is 6.20 Å². The quantitative estimate of drug-likeness (QED) is 0.666. The number of urea groups is 1. The summed E-state index contributed by atoms with van der Waals surface area (Å²) in [5.41, 5.74) is -0.847. The summed E-state index contributed by atoms with van der Waals surface area (Å²) in [6.45, 7) is 0.842. The van der Waals surface area contributed by atoms with Gasteiger partial charge in [0.25, 0.3) is 11.8 Å². The molecule has 0 aromatic carbocycles. The van der Waals surface area contributed by atoms with Crippen LogP contribution in [0, 0.1) is 0 Å². The maximum Gasteiger partial charge on any atom is 0.322 e. The lowest BCUT2D eigenvalue weighted by molar-refractivity contribution is -0.125. The lowest BCUT2D eigenvalue weighted by Gasteiger charge is -2.36. The lowest BCUT2D eigenvalue weighted by Crippen LogP contribution is -2.55. The Morgan fingerprint density at radius 1 is 1.37 bits per heavy atom. The molecule has 1 aromatic rings.